The molecule has 4 unspecified atom stereocenters. The molecule has 16 nitrogen and oxygen atoms in total. The Morgan fingerprint density at radius 1 is 1.11 bits per heavy atom. The molecule has 2 aromatic rings. The summed E-state index contributed by atoms with van der Waals surface area (Å²) in [5.74, 6) is -3.30. The molecule has 2 aromatic heterocycles. The number of nitrogen functional groups attached to an aromatic ring is 1. The first-order chi connectivity index (χ1) is 17.5. The van der Waals surface area contributed by atoms with Crippen LogP contribution in [0, 0.1) is 5.92 Å². The van der Waals surface area contributed by atoms with Crippen molar-refractivity contribution in [2.24, 2.45) is 16.6 Å². The van der Waals surface area contributed by atoms with Gasteiger partial charge in [0.1, 0.15) is 24.8 Å². The first kappa shape index (κ1) is 25.5. The van der Waals surface area contributed by atoms with Gasteiger partial charge in [-0.15, -0.1) is 0 Å². The van der Waals surface area contributed by atoms with Crippen LogP contribution in [-0.2, 0) is 32.0 Å². The van der Waals surface area contributed by atoms with Crippen LogP contribution >= 0.6 is 15.6 Å². The first-order valence-corrected chi connectivity index (χ1v) is 13.4. The zero-order valence-corrected chi connectivity index (χ0v) is 20.2. The van der Waals surface area contributed by atoms with Gasteiger partial charge < -0.3 is 25.3 Å². The number of imidazole rings is 1. The summed E-state index contributed by atoms with van der Waals surface area (Å²) < 4.78 is 82.0. The summed E-state index contributed by atoms with van der Waals surface area (Å²) in [7, 11) is -10.1. The Bertz CT molecular complexity index is 1430. The number of aliphatic imine (C=N–C) groups is 1. The van der Waals surface area contributed by atoms with Crippen LogP contribution in [0.3, 0.4) is 0 Å². The number of alkyl halides is 2. The lowest BCUT2D eigenvalue weighted by atomic mass is 10.1. The predicted octanol–water partition coefficient (Wildman–Crippen LogP) is 1.32. The highest BCUT2D eigenvalue weighted by Crippen LogP contribution is 2.55. The number of nitrogens with zero attached hydrogens (tertiary/aromatic N) is 5. The van der Waals surface area contributed by atoms with Crippen LogP contribution in [0.4, 0.5) is 14.6 Å². The number of anilines is 1. The van der Waals surface area contributed by atoms with Crippen molar-refractivity contribution in [3.8, 4) is 0 Å². The van der Waals surface area contributed by atoms with Gasteiger partial charge in [-0.3, -0.25) is 23.4 Å². The molecule has 0 saturated heterocycles. The molecule has 20 heteroatoms. The molecule has 0 fully saturated rings. The third kappa shape index (κ3) is 4.79. The molecule has 4 heterocycles. The molecular formula is C17H19F2N7O9P2. The lowest BCUT2D eigenvalue weighted by Crippen LogP contribution is -2.21. The Labute approximate surface area is 205 Å². The fourth-order valence-electron chi connectivity index (χ4n) is 3.92. The maximum Gasteiger partial charge on any atom is 0.527 e. The van der Waals surface area contributed by atoms with Crippen molar-refractivity contribution in [3.05, 3.63) is 35.6 Å². The number of phosphoric acid groups is 2. The second-order valence-electron chi connectivity index (χ2n) is 7.92. The monoisotopic (exact) mass is 565 g/mol. The van der Waals surface area contributed by atoms with Crippen LogP contribution in [0.5, 0.6) is 0 Å². The second-order valence-corrected chi connectivity index (χ2v) is 10.7. The number of hydrogen-bond acceptors (Lipinski definition) is 12. The van der Waals surface area contributed by atoms with Crippen molar-refractivity contribution in [1.29, 1.82) is 0 Å². The molecule has 6 N–H and O–H groups in total. The Kier molecular flexibility index (Phi) is 6.42. The molecule has 200 valence electrons. The summed E-state index contributed by atoms with van der Waals surface area (Å²) in [6.07, 6.45) is -3.14. The highest BCUT2D eigenvalue weighted by Gasteiger charge is 2.47. The van der Waals surface area contributed by atoms with Crippen molar-refractivity contribution in [3.63, 3.8) is 0 Å². The summed E-state index contributed by atoms with van der Waals surface area (Å²) in [5, 5.41) is 0. The Balaban J connectivity index is 1.49. The highest BCUT2D eigenvalue weighted by atomic mass is 31.2. The summed E-state index contributed by atoms with van der Waals surface area (Å²) in [6, 6.07) is 0. The van der Waals surface area contributed by atoms with E-state index < -0.39 is 70.6 Å². The van der Waals surface area contributed by atoms with E-state index in [1.807, 2.05) is 0 Å². The molecule has 3 aliphatic rings. The smallest absolute Gasteiger partial charge is 0.465 e. The normalized spacial score (nSPS) is 34.9. The lowest BCUT2D eigenvalue weighted by Gasteiger charge is -2.20. The van der Waals surface area contributed by atoms with Crippen LogP contribution < -0.4 is 11.5 Å². The number of hydrogen-bond donors (Lipinski definition) is 4. The van der Waals surface area contributed by atoms with E-state index in [1.165, 1.54) is 0 Å². The van der Waals surface area contributed by atoms with E-state index in [2.05, 4.69) is 19.9 Å². The van der Waals surface area contributed by atoms with Gasteiger partial charge in [0.2, 0.25) is 12.4 Å². The lowest BCUT2D eigenvalue weighted by molar-refractivity contribution is 0.0206. The van der Waals surface area contributed by atoms with Crippen molar-refractivity contribution in [1.82, 2.24) is 19.5 Å². The van der Waals surface area contributed by atoms with Crippen molar-refractivity contribution < 1.29 is 50.5 Å². The number of aromatic nitrogens is 4. The standard InChI is InChI=1S/C17H19F2N7O9P2/c18-10-7-1-8(22-4-20)13(10)34-37(29,30)32-3-9-14(35-36(27,28)31-2-7)11(19)17(33-9)26-6-25-12-15(21)23-5-24-16(12)26/h4-7,10-11,17H,1-3H2,(H2,20,22)(H,27,28)(H,29,30)(H2,21,23,24)/t7-,10?,11?,17-/m1/s1. The molecule has 6 atom stereocenters. The fraction of sp³-hybridized carbons (Fsp3) is 0.412. The summed E-state index contributed by atoms with van der Waals surface area (Å²) in [4.78, 5) is 35.9. The predicted molar refractivity (Wildman–Crippen MR) is 118 cm³/mol. The van der Waals surface area contributed by atoms with Gasteiger partial charge in [-0.05, 0) is 0 Å². The minimum Gasteiger partial charge on any atom is -0.465 e. The summed E-state index contributed by atoms with van der Waals surface area (Å²) in [5.41, 5.74) is 11.0. The zero-order chi connectivity index (χ0) is 26.5. The minimum absolute atomic E-state index is 0.000306. The van der Waals surface area contributed by atoms with Crippen LogP contribution in [0.15, 0.2) is 40.6 Å². The van der Waals surface area contributed by atoms with Gasteiger partial charge >= 0.3 is 15.6 Å². The van der Waals surface area contributed by atoms with Gasteiger partial charge in [0.05, 0.1) is 18.6 Å². The van der Waals surface area contributed by atoms with Crippen LogP contribution in [-0.4, -0.2) is 61.2 Å². The van der Waals surface area contributed by atoms with Gasteiger partial charge in [0, 0.05) is 12.3 Å². The Morgan fingerprint density at radius 2 is 1.84 bits per heavy atom. The largest absolute Gasteiger partial charge is 0.527 e. The van der Waals surface area contributed by atoms with Crippen LogP contribution in [0.2, 0.25) is 0 Å². The van der Waals surface area contributed by atoms with Gasteiger partial charge in [0.25, 0.3) is 0 Å². The molecule has 0 aromatic carbocycles. The number of fused-ring (bicyclic) bond motifs is 3. The van der Waals surface area contributed by atoms with Crippen LogP contribution in [0.25, 0.3) is 11.2 Å². The van der Waals surface area contributed by atoms with E-state index in [0.29, 0.717) is 0 Å². The van der Waals surface area contributed by atoms with Crippen LogP contribution in [0.1, 0.15) is 12.6 Å². The number of nitrogens with two attached hydrogens (primary N) is 2. The molecule has 0 spiro atoms. The Hall–Kier alpha value is -3.14. The van der Waals surface area contributed by atoms with E-state index in [1.54, 1.807) is 0 Å². The quantitative estimate of drug-likeness (QED) is 0.229. The topological polar surface area (TPSA) is 229 Å². The number of rotatable bonds is 2. The van der Waals surface area contributed by atoms with Gasteiger partial charge in [0.15, 0.2) is 34.9 Å². The van der Waals surface area contributed by atoms with Crippen molar-refractivity contribution >= 4 is 39.0 Å². The maximum absolute atomic E-state index is 15.6. The number of ether oxygens (including phenoxy) is 1. The number of allylic oxidation sites excluding steroid dienone is 2. The minimum atomic E-state index is -5.07. The third-order valence-corrected chi connectivity index (χ3v) is 7.36. The van der Waals surface area contributed by atoms with E-state index in [0.717, 1.165) is 23.6 Å². The number of halogens is 2. The average molecular weight is 565 g/mol. The molecule has 37 heavy (non-hydrogen) atoms. The van der Waals surface area contributed by atoms with Gasteiger partial charge in [-0.1, -0.05) is 0 Å². The third-order valence-electron chi connectivity index (χ3n) is 5.57. The van der Waals surface area contributed by atoms with Crippen molar-refractivity contribution in [2.75, 3.05) is 18.9 Å². The Morgan fingerprint density at radius 3 is 2.59 bits per heavy atom. The maximum atomic E-state index is 15.6. The summed E-state index contributed by atoms with van der Waals surface area (Å²) >= 11 is 0. The molecule has 0 amide bonds. The molecule has 2 aliphatic heterocycles. The first-order valence-electron chi connectivity index (χ1n) is 10.4. The van der Waals surface area contributed by atoms with E-state index in [9.17, 15) is 23.3 Å². The molecule has 0 radical (unpaired) electrons. The zero-order valence-electron chi connectivity index (χ0n) is 18.5. The fourth-order valence-corrected chi connectivity index (χ4v) is 5.59. The molecule has 1 aliphatic carbocycles. The molecule has 5 rings (SSSR count). The molecule has 0 saturated carbocycles. The SMILES string of the molecule is NC=NC1=C2OP(=O)(O)OCC3=C(OP(=O)(O)OC[C@@H](C1)C2F)C(F)[C@H](n1cnc2c(N)ncnc21)O3. The van der Waals surface area contributed by atoms with E-state index >= 15 is 4.39 Å². The van der Waals surface area contributed by atoms with Crippen molar-refractivity contribution in [2.45, 2.75) is 25.0 Å². The van der Waals surface area contributed by atoms with Gasteiger partial charge in [-0.2, -0.15) is 0 Å². The van der Waals surface area contributed by atoms with Gasteiger partial charge in [-0.25, -0.2) is 37.9 Å². The van der Waals surface area contributed by atoms with E-state index in [-0.39, 0.29) is 29.1 Å². The summed E-state index contributed by atoms with van der Waals surface area (Å²) in [6.45, 7) is -1.72. The number of phosphoric ester groups is 2. The highest BCUT2D eigenvalue weighted by molar-refractivity contribution is 7.47. The molecular weight excluding hydrogens is 546 g/mol. The average Bonchev–Trinajstić information content (AvgIpc) is 3.47. The molecule has 2 bridgehead atoms. The second kappa shape index (κ2) is 9.31. The van der Waals surface area contributed by atoms with E-state index in [4.69, 9.17) is 34.3 Å².